The van der Waals surface area contributed by atoms with Crippen molar-refractivity contribution in [2.45, 2.75) is 33.1 Å². The van der Waals surface area contributed by atoms with Gasteiger partial charge in [0.15, 0.2) is 0 Å². The smallest absolute Gasteiger partial charge is 0.226 e. The van der Waals surface area contributed by atoms with E-state index < -0.39 is 0 Å². The highest BCUT2D eigenvalue weighted by Crippen LogP contribution is 2.23. The summed E-state index contributed by atoms with van der Waals surface area (Å²) in [6, 6.07) is 0. The summed E-state index contributed by atoms with van der Waals surface area (Å²) >= 11 is 0. The molecule has 0 aromatic heterocycles. The SMILES string of the molecule is C=CN1CC(C(C)C)CCCC1=O. The second-order valence-electron chi connectivity index (χ2n) is 4.12. The number of rotatable bonds is 2. The molecule has 74 valence electrons. The van der Waals surface area contributed by atoms with Crippen molar-refractivity contribution in [2.24, 2.45) is 11.8 Å². The van der Waals surface area contributed by atoms with Crippen molar-refractivity contribution in [1.29, 1.82) is 0 Å². The highest BCUT2D eigenvalue weighted by atomic mass is 16.2. The van der Waals surface area contributed by atoms with Gasteiger partial charge in [-0.3, -0.25) is 4.79 Å². The van der Waals surface area contributed by atoms with Crippen LogP contribution in [0.25, 0.3) is 0 Å². The molecular formula is C11H19NO. The maximum absolute atomic E-state index is 11.5. The highest BCUT2D eigenvalue weighted by molar-refractivity contribution is 5.77. The van der Waals surface area contributed by atoms with Crippen LogP contribution in [0.15, 0.2) is 12.8 Å². The minimum atomic E-state index is 0.234. The molecule has 2 nitrogen and oxygen atoms in total. The van der Waals surface area contributed by atoms with Crippen LogP contribution >= 0.6 is 0 Å². The zero-order chi connectivity index (χ0) is 9.84. The molecule has 2 heteroatoms. The summed E-state index contributed by atoms with van der Waals surface area (Å²) in [6.45, 7) is 8.98. The van der Waals surface area contributed by atoms with Crippen molar-refractivity contribution in [2.75, 3.05) is 6.54 Å². The van der Waals surface area contributed by atoms with Gasteiger partial charge in [0.05, 0.1) is 0 Å². The number of carbonyl (C=O) groups excluding carboxylic acids is 1. The third-order valence-corrected chi connectivity index (χ3v) is 2.88. The van der Waals surface area contributed by atoms with Gasteiger partial charge in [0, 0.05) is 13.0 Å². The Morgan fingerprint density at radius 2 is 2.31 bits per heavy atom. The number of carbonyl (C=O) groups is 1. The van der Waals surface area contributed by atoms with Crippen molar-refractivity contribution in [3.8, 4) is 0 Å². The summed E-state index contributed by atoms with van der Waals surface area (Å²) in [4.78, 5) is 13.2. The molecule has 1 saturated heterocycles. The molecule has 1 aliphatic rings. The lowest BCUT2D eigenvalue weighted by molar-refractivity contribution is -0.128. The minimum Gasteiger partial charge on any atom is -0.319 e. The van der Waals surface area contributed by atoms with Crippen molar-refractivity contribution >= 4 is 5.91 Å². The molecule has 0 aromatic rings. The Morgan fingerprint density at radius 1 is 1.62 bits per heavy atom. The van der Waals surface area contributed by atoms with Crippen molar-refractivity contribution in [3.05, 3.63) is 12.8 Å². The molecule has 1 fully saturated rings. The Morgan fingerprint density at radius 3 is 2.85 bits per heavy atom. The van der Waals surface area contributed by atoms with Gasteiger partial charge in [-0.2, -0.15) is 0 Å². The fourth-order valence-electron chi connectivity index (χ4n) is 1.83. The van der Waals surface area contributed by atoms with Gasteiger partial charge in [-0.1, -0.05) is 20.4 Å². The first kappa shape index (κ1) is 10.3. The van der Waals surface area contributed by atoms with Crippen LogP contribution in [-0.4, -0.2) is 17.4 Å². The third-order valence-electron chi connectivity index (χ3n) is 2.88. The fraction of sp³-hybridized carbons (Fsp3) is 0.727. The maximum Gasteiger partial charge on any atom is 0.226 e. The molecule has 1 unspecified atom stereocenters. The van der Waals surface area contributed by atoms with E-state index in [2.05, 4.69) is 20.4 Å². The number of hydrogen-bond acceptors (Lipinski definition) is 1. The first-order valence-corrected chi connectivity index (χ1v) is 5.07. The van der Waals surface area contributed by atoms with Gasteiger partial charge in [0.25, 0.3) is 0 Å². The van der Waals surface area contributed by atoms with Crippen LogP contribution in [0.1, 0.15) is 33.1 Å². The molecule has 0 spiro atoms. The third kappa shape index (κ3) is 2.58. The van der Waals surface area contributed by atoms with Gasteiger partial charge in [-0.15, -0.1) is 0 Å². The van der Waals surface area contributed by atoms with E-state index in [0.29, 0.717) is 18.3 Å². The van der Waals surface area contributed by atoms with E-state index in [9.17, 15) is 4.79 Å². The first-order valence-electron chi connectivity index (χ1n) is 5.07. The van der Waals surface area contributed by atoms with E-state index in [1.54, 1.807) is 11.1 Å². The highest BCUT2D eigenvalue weighted by Gasteiger charge is 2.23. The standard InChI is InChI=1S/C11H19NO/c1-4-12-8-10(9(2)3)6-5-7-11(12)13/h4,9-10H,1,5-8H2,2-3H3. The average molecular weight is 181 g/mol. The normalized spacial score (nSPS) is 24.7. The predicted octanol–water partition coefficient (Wildman–Crippen LogP) is 2.41. The summed E-state index contributed by atoms with van der Waals surface area (Å²) in [7, 11) is 0. The van der Waals surface area contributed by atoms with E-state index in [1.165, 1.54) is 6.42 Å². The number of nitrogens with zero attached hydrogens (tertiary/aromatic N) is 1. The van der Waals surface area contributed by atoms with Gasteiger partial charge in [-0.05, 0) is 30.9 Å². The molecular weight excluding hydrogens is 162 g/mol. The van der Waals surface area contributed by atoms with Crippen molar-refractivity contribution < 1.29 is 4.79 Å². The van der Waals surface area contributed by atoms with Gasteiger partial charge in [0.2, 0.25) is 5.91 Å². The zero-order valence-electron chi connectivity index (χ0n) is 8.62. The van der Waals surface area contributed by atoms with Crippen LogP contribution < -0.4 is 0 Å². The summed E-state index contributed by atoms with van der Waals surface area (Å²) in [5, 5.41) is 0. The Kier molecular flexibility index (Phi) is 3.52. The maximum atomic E-state index is 11.5. The van der Waals surface area contributed by atoms with E-state index in [4.69, 9.17) is 0 Å². The number of amides is 1. The monoisotopic (exact) mass is 181 g/mol. The lowest BCUT2D eigenvalue weighted by Crippen LogP contribution is -2.29. The summed E-state index contributed by atoms with van der Waals surface area (Å²) in [6.07, 6.45) is 4.57. The van der Waals surface area contributed by atoms with E-state index >= 15 is 0 Å². The molecule has 13 heavy (non-hydrogen) atoms. The molecule has 1 heterocycles. The van der Waals surface area contributed by atoms with Crippen molar-refractivity contribution in [1.82, 2.24) is 4.90 Å². The number of hydrogen-bond donors (Lipinski definition) is 0. The van der Waals surface area contributed by atoms with Crippen LogP contribution in [0, 0.1) is 11.8 Å². The van der Waals surface area contributed by atoms with Gasteiger partial charge in [-0.25, -0.2) is 0 Å². The molecule has 0 aliphatic carbocycles. The van der Waals surface area contributed by atoms with Gasteiger partial charge >= 0.3 is 0 Å². The lowest BCUT2D eigenvalue weighted by atomic mass is 9.91. The molecule has 0 N–H and O–H groups in total. The summed E-state index contributed by atoms with van der Waals surface area (Å²) < 4.78 is 0. The van der Waals surface area contributed by atoms with Crippen LogP contribution in [0.4, 0.5) is 0 Å². The second kappa shape index (κ2) is 4.45. The molecule has 1 rings (SSSR count). The van der Waals surface area contributed by atoms with Crippen LogP contribution in [0.3, 0.4) is 0 Å². The fourth-order valence-corrected chi connectivity index (χ4v) is 1.83. The quantitative estimate of drug-likeness (QED) is 0.640. The molecule has 1 atom stereocenters. The Bertz CT molecular complexity index is 198. The summed E-state index contributed by atoms with van der Waals surface area (Å²) in [5.41, 5.74) is 0. The Labute approximate surface area is 80.6 Å². The van der Waals surface area contributed by atoms with Crippen molar-refractivity contribution in [3.63, 3.8) is 0 Å². The molecule has 0 saturated carbocycles. The first-order chi connectivity index (χ1) is 6.15. The Hall–Kier alpha value is -0.790. The van der Waals surface area contributed by atoms with Crippen LogP contribution in [0.5, 0.6) is 0 Å². The Balaban J connectivity index is 2.63. The predicted molar refractivity (Wildman–Crippen MR) is 54.1 cm³/mol. The largest absolute Gasteiger partial charge is 0.319 e. The molecule has 1 amide bonds. The zero-order valence-corrected chi connectivity index (χ0v) is 8.62. The van der Waals surface area contributed by atoms with Crippen LogP contribution in [0.2, 0.25) is 0 Å². The second-order valence-corrected chi connectivity index (χ2v) is 4.12. The molecule has 0 aromatic carbocycles. The summed E-state index contributed by atoms with van der Waals surface area (Å²) in [5.74, 6) is 1.54. The van der Waals surface area contributed by atoms with Gasteiger partial charge in [0.1, 0.15) is 0 Å². The minimum absolute atomic E-state index is 0.234. The average Bonchev–Trinajstić information content (AvgIpc) is 2.27. The molecule has 1 aliphatic heterocycles. The van der Waals surface area contributed by atoms with E-state index in [1.807, 2.05) is 0 Å². The van der Waals surface area contributed by atoms with E-state index in [-0.39, 0.29) is 5.91 Å². The topological polar surface area (TPSA) is 20.3 Å². The lowest BCUT2D eigenvalue weighted by Gasteiger charge is -2.23. The number of likely N-dealkylation sites (tertiary alicyclic amines) is 1. The molecule has 0 bridgehead atoms. The molecule has 0 radical (unpaired) electrons. The van der Waals surface area contributed by atoms with Gasteiger partial charge < -0.3 is 4.90 Å². The van der Waals surface area contributed by atoms with Crippen LogP contribution in [-0.2, 0) is 4.79 Å². The van der Waals surface area contributed by atoms with E-state index in [0.717, 1.165) is 13.0 Å².